The number of fused-ring (bicyclic) bond motifs is 2. The molecule has 8 aliphatic rings. The van der Waals surface area contributed by atoms with Crippen molar-refractivity contribution < 1.29 is 79.2 Å². The summed E-state index contributed by atoms with van der Waals surface area (Å²) in [5.41, 5.74) is 1.07. The van der Waals surface area contributed by atoms with Crippen LogP contribution in [-0.4, -0.2) is 179 Å². The van der Waals surface area contributed by atoms with Gasteiger partial charge in [0, 0.05) is 44.1 Å². The number of rotatable bonds is 20. The maximum Gasteiger partial charge on any atom is 0.407 e. The highest BCUT2D eigenvalue weighted by atomic mass is 32.2. The molecule has 4 aliphatic heterocycles. The molecule has 500 valence electrons. The number of nitrogens with one attached hydrogen (secondary N) is 7. The first kappa shape index (κ1) is 65.9. The first-order valence-corrected chi connectivity index (χ1v) is 35.5. The highest BCUT2D eigenvalue weighted by Crippen LogP contribution is 2.47. The fourth-order valence-electron chi connectivity index (χ4n) is 11.6. The van der Waals surface area contributed by atoms with Crippen molar-refractivity contribution in [2.45, 2.75) is 122 Å². The SMILES string of the molecule is C=C[C@@H]1C[C@]1(NC(=O)[C@@H]1C[C@@H](Oc2nc3ccccc3nc2-c2cccs2)CN1)C(=O)NS(=O)(=O)C1CC1.C=C[C@@H]1C[C@]1(NC(=O)[C@@H]1C[C@@H](Oc2nc3ccccc3nc2-c2cccs2)CN1C(=O)[C@@H]1CCOC(=O)N1)C(=O)NS(=O)(=O)C1CC1.O=C1N[C@H](C(=O)O)CCO1. The van der Waals surface area contributed by atoms with Gasteiger partial charge in [-0.05, 0) is 85.7 Å². The van der Waals surface area contributed by atoms with Crippen LogP contribution in [0.1, 0.15) is 64.2 Å². The summed E-state index contributed by atoms with van der Waals surface area (Å²) in [7, 11) is -7.61. The topological polar surface area (TPSA) is 401 Å². The Morgan fingerprint density at radius 1 is 0.611 bits per heavy atom. The van der Waals surface area contributed by atoms with E-state index in [1.54, 1.807) is 6.08 Å². The van der Waals surface area contributed by atoms with Crippen molar-refractivity contribution in [3.63, 3.8) is 0 Å². The van der Waals surface area contributed by atoms with Crippen molar-refractivity contribution in [3.8, 4) is 32.9 Å². The summed E-state index contributed by atoms with van der Waals surface area (Å²) in [5.74, 6) is -4.33. The number of benzene rings is 2. The lowest BCUT2D eigenvalue weighted by Crippen LogP contribution is -2.59. The zero-order valence-electron chi connectivity index (χ0n) is 50.7. The molecule has 4 saturated heterocycles. The molecule has 8 heterocycles. The van der Waals surface area contributed by atoms with Gasteiger partial charge < -0.3 is 55.5 Å². The molecule has 0 radical (unpaired) electrons. The Morgan fingerprint density at radius 2 is 1.07 bits per heavy atom. The molecule has 0 bridgehead atoms. The molecule has 0 spiro atoms. The van der Waals surface area contributed by atoms with Gasteiger partial charge in [-0.25, -0.2) is 51.2 Å². The van der Waals surface area contributed by atoms with Crippen LogP contribution < -0.4 is 45.5 Å². The van der Waals surface area contributed by atoms with E-state index < -0.39 is 120 Å². The summed E-state index contributed by atoms with van der Waals surface area (Å²) in [4.78, 5) is 122. The molecule has 14 rings (SSSR count). The smallest absolute Gasteiger partial charge is 0.407 e. The van der Waals surface area contributed by atoms with Crippen LogP contribution in [0, 0.1) is 11.8 Å². The quantitative estimate of drug-likeness (QED) is 0.0506. The number of amides is 7. The average Bonchev–Trinajstić information content (AvgIpc) is 1.58. The van der Waals surface area contributed by atoms with Crippen molar-refractivity contribution in [2.75, 3.05) is 26.3 Å². The maximum absolute atomic E-state index is 14.0. The minimum Gasteiger partial charge on any atom is -0.480 e. The summed E-state index contributed by atoms with van der Waals surface area (Å²) >= 11 is 3.00. The molecule has 4 aromatic heterocycles. The first-order chi connectivity index (χ1) is 45.6. The Balaban J connectivity index is 0.000000161. The number of hydrogen-bond donors (Lipinski definition) is 8. The van der Waals surface area contributed by atoms with E-state index >= 15 is 0 Å². The fraction of sp³-hybridized carbons (Fsp3) is 0.419. The Kier molecular flexibility index (Phi) is 18.7. The van der Waals surface area contributed by atoms with E-state index in [2.05, 4.69) is 53.9 Å². The molecule has 95 heavy (non-hydrogen) atoms. The standard InChI is InChI=1S/C31H32N6O8S2.C26H27N5O5S2.C5H7NO4/c1-2-17-15-31(17,29(40)36-47(42,43)19-9-10-19)35-26(38)23-14-18(16-37(23)28(39)22-11-12-44-30(41)34-22)45-27-25(24-8-5-13-46-24)32-20-6-3-4-7-21(20)33-27;1-2-15-13-26(15,25(33)31-38(34,35)17-9-10-17)30-23(32)20-12-16(14-27-20)36-24-22(21-8-5-11-37-21)28-18-6-3-4-7-19(18)29-24;7-4(8)3-1-2-10-5(9)6-3/h2-8,13,17-19,22-23H,1,9-12,14-16H2,(H,34,41)(H,35,38)(H,36,40);2-8,11,15-17,20,27H,1,9-10,12-14H2,(H,30,32)(H,31,33);3H,1-2H2,(H,6,9)(H,7,8)/t17-,18-,22+,23+,31-;15-,16-,20+,26-;3-/m110/s1. The summed E-state index contributed by atoms with van der Waals surface area (Å²) in [6.45, 7) is 8.06. The summed E-state index contributed by atoms with van der Waals surface area (Å²) < 4.78 is 76.1. The Bertz CT molecular complexity index is 4270. The molecular formula is C62H66N12O17S4. The number of hydrogen-bond acceptors (Lipinski definition) is 23. The number of carboxylic acids is 1. The summed E-state index contributed by atoms with van der Waals surface area (Å²) in [5, 5.41) is 24.5. The van der Waals surface area contributed by atoms with Gasteiger partial charge in [0.1, 0.15) is 52.8 Å². The molecule has 10 atom stereocenters. The predicted octanol–water partition coefficient (Wildman–Crippen LogP) is 3.58. The number of cyclic esters (lactones) is 2. The monoisotopic (exact) mass is 1380 g/mol. The van der Waals surface area contributed by atoms with E-state index in [0.717, 1.165) is 15.3 Å². The average molecular weight is 1380 g/mol. The van der Waals surface area contributed by atoms with Crippen molar-refractivity contribution in [3.05, 3.63) is 109 Å². The van der Waals surface area contributed by atoms with Crippen molar-refractivity contribution >= 4 is 112 Å². The zero-order chi connectivity index (χ0) is 67.0. The molecule has 4 saturated carbocycles. The lowest BCUT2D eigenvalue weighted by atomic mass is 10.1. The number of thiophene rings is 2. The second-order valence-corrected chi connectivity index (χ2v) is 29.9. The fourth-order valence-corrected chi connectivity index (χ4v) is 15.8. The zero-order valence-corrected chi connectivity index (χ0v) is 53.9. The van der Waals surface area contributed by atoms with Gasteiger partial charge >= 0.3 is 18.2 Å². The van der Waals surface area contributed by atoms with Crippen LogP contribution in [0.15, 0.2) is 109 Å². The molecule has 4 aliphatic carbocycles. The normalized spacial score (nSPS) is 26.6. The van der Waals surface area contributed by atoms with E-state index in [0.29, 0.717) is 85.3 Å². The van der Waals surface area contributed by atoms with Gasteiger partial charge in [-0.3, -0.25) is 33.4 Å². The lowest BCUT2D eigenvalue weighted by molar-refractivity contribution is -0.141. The van der Waals surface area contributed by atoms with Crippen molar-refractivity contribution in [1.82, 2.24) is 60.9 Å². The van der Waals surface area contributed by atoms with Gasteiger partial charge in [0.05, 0.1) is 68.1 Å². The van der Waals surface area contributed by atoms with Gasteiger partial charge in [0.2, 0.25) is 49.5 Å². The number of carbonyl (C=O) groups is 8. The number of aliphatic carboxylic acids is 1. The highest BCUT2D eigenvalue weighted by molar-refractivity contribution is 7.91. The number of carbonyl (C=O) groups excluding carboxylic acids is 7. The highest BCUT2D eigenvalue weighted by Gasteiger charge is 2.63. The molecule has 33 heteroatoms. The lowest BCUT2D eigenvalue weighted by Gasteiger charge is -2.31. The van der Waals surface area contributed by atoms with Crippen LogP contribution in [0.2, 0.25) is 0 Å². The molecule has 2 aromatic carbocycles. The van der Waals surface area contributed by atoms with Crippen molar-refractivity contribution in [1.29, 1.82) is 0 Å². The number of alkyl carbamates (subject to hydrolysis) is 2. The number of ether oxygens (including phenoxy) is 4. The van der Waals surface area contributed by atoms with Gasteiger partial charge in [-0.1, -0.05) is 48.6 Å². The number of aromatic nitrogens is 4. The molecule has 8 fully saturated rings. The number of para-hydroxylation sites is 4. The van der Waals surface area contributed by atoms with E-state index in [4.69, 9.17) is 39.3 Å². The number of sulfonamides is 2. The summed E-state index contributed by atoms with van der Waals surface area (Å²) in [6.07, 6.45) is 3.98. The second kappa shape index (κ2) is 26.9. The van der Waals surface area contributed by atoms with Crippen molar-refractivity contribution in [2.24, 2.45) is 11.8 Å². The van der Waals surface area contributed by atoms with E-state index in [9.17, 15) is 55.2 Å². The van der Waals surface area contributed by atoms with Crippen LogP contribution in [0.4, 0.5) is 9.59 Å². The van der Waals surface area contributed by atoms with Crippen LogP contribution in [0.5, 0.6) is 11.8 Å². The molecule has 6 aromatic rings. The van der Waals surface area contributed by atoms with E-state index in [1.165, 1.54) is 33.6 Å². The first-order valence-electron chi connectivity index (χ1n) is 30.7. The predicted molar refractivity (Wildman–Crippen MR) is 343 cm³/mol. The molecule has 8 N–H and O–H groups in total. The largest absolute Gasteiger partial charge is 0.480 e. The van der Waals surface area contributed by atoms with Gasteiger partial charge in [-0.2, -0.15) is 0 Å². The number of likely N-dealkylation sites (tertiary alicyclic amines) is 1. The maximum atomic E-state index is 14.0. The number of carboxylic acid groups (broad SMARTS) is 1. The third-order valence-electron chi connectivity index (χ3n) is 17.4. The van der Waals surface area contributed by atoms with Crippen LogP contribution in [-0.2, 0) is 58.3 Å². The van der Waals surface area contributed by atoms with Crippen LogP contribution in [0.25, 0.3) is 43.2 Å². The van der Waals surface area contributed by atoms with Crippen LogP contribution in [0.3, 0.4) is 0 Å². The minimum atomic E-state index is -3.88. The van der Waals surface area contributed by atoms with E-state index in [1.807, 2.05) is 83.6 Å². The molecule has 7 amide bonds. The van der Waals surface area contributed by atoms with E-state index in [-0.39, 0.29) is 62.8 Å². The van der Waals surface area contributed by atoms with Gasteiger partial charge in [-0.15, -0.1) is 35.8 Å². The summed E-state index contributed by atoms with van der Waals surface area (Å²) in [6, 6.07) is 19.2. The third-order valence-corrected chi connectivity index (χ3v) is 22.7. The second-order valence-electron chi connectivity index (χ2n) is 24.1. The molecule has 0 unspecified atom stereocenters. The Morgan fingerprint density at radius 3 is 1.51 bits per heavy atom. The molecule has 29 nitrogen and oxygen atoms in total. The molecular weight excluding hydrogens is 1310 g/mol. The van der Waals surface area contributed by atoms with Gasteiger partial charge in [0.25, 0.3) is 11.8 Å². The van der Waals surface area contributed by atoms with Gasteiger partial charge in [0.15, 0.2) is 0 Å². The Hall–Kier alpha value is -9.18. The minimum absolute atomic E-state index is 0.0251. The number of nitrogens with zero attached hydrogens (tertiary/aromatic N) is 5. The Labute approximate surface area is 551 Å². The third kappa shape index (κ3) is 14.6. The van der Waals surface area contributed by atoms with Crippen LogP contribution >= 0.6 is 22.7 Å².